The highest BCUT2D eigenvalue weighted by molar-refractivity contribution is 5.83. The number of benzene rings is 1. The molecule has 1 aliphatic carbocycles. The van der Waals surface area contributed by atoms with Crippen LogP contribution < -0.4 is 29.7 Å². The van der Waals surface area contributed by atoms with Gasteiger partial charge in [-0.3, -0.25) is 9.59 Å². The van der Waals surface area contributed by atoms with Gasteiger partial charge in [0.2, 0.25) is 17.1 Å². The second-order valence-corrected chi connectivity index (χ2v) is 7.20. The van der Waals surface area contributed by atoms with Crippen molar-refractivity contribution in [2.24, 2.45) is 0 Å². The van der Waals surface area contributed by atoms with Crippen LogP contribution >= 0.6 is 0 Å². The Balaban J connectivity index is 2.39. The summed E-state index contributed by atoms with van der Waals surface area (Å²) in [5.74, 6) is 1.78. The molecule has 7 nitrogen and oxygen atoms in total. The van der Waals surface area contributed by atoms with Crippen molar-refractivity contribution in [2.45, 2.75) is 39.2 Å². The van der Waals surface area contributed by atoms with Gasteiger partial charge in [-0.15, -0.1) is 0 Å². The number of methoxy groups -OCH3 is 3. The Morgan fingerprint density at radius 1 is 1.03 bits per heavy atom. The molecule has 0 saturated carbocycles. The van der Waals surface area contributed by atoms with E-state index in [-0.39, 0.29) is 23.1 Å². The lowest BCUT2D eigenvalue weighted by atomic mass is 9.95. The van der Waals surface area contributed by atoms with Gasteiger partial charge in [-0.2, -0.15) is 0 Å². The summed E-state index contributed by atoms with van der Waals surface area (Å²) in [6.07, 6.45) is 1.64. The van der Waals surface area contributed by atoms with Crippen LogP contribution in [-0.2, 0) is 11.2 Å². The highest BCUT2D eigenvalue weighted by atomic mass is 16.5. The molecule has 1 N–H and O–H groups in total. The third kappa shape index (κ3) is 4.31. The van der Waals surface area contributed by atoms with Gasteiger partial charge < -0.3 is 24.3 Å². The zero-order chi connectivity index (χ0) is 22.5. The molecule has 0 fully saturated rings. The molecule has 0 spiro atoms. The molecule has 2 aromatic carbocycles. The van der Waals surface area contributed by atoms with E-state index in [1.54, 1.807) is 33.3 Å². The molecular weight excluding hydrogens is 398 g/mol. The van der Waals surface area contributed by atoms with Crippen LogP contribution in [0.3, 0.4) is 0 Å². The van der Waals surface area contributed by atoms with Crippen LogP contribution in [0.25, 0.3) is 11.1 Å². The molecule has 0 radical (unpaired) electrons. The average Bonchev–Trinajstić information content (AvgIpc) is 3.02. The van der Waals surface area contributed by atoms with E-state index in [2.05, 4.69) is 5.32 Å². The lowest BCUT2D eigenvalue weighted by molar-refractivity contribution is -0.121. The zero-order valence-corrected chi connectivity index (χ0v) is 18.7. The molecular formula is C24H29NO6. The normalized spacial score (nSPS) is 14.5. The molecule has 31 heavy (non-hydrogen) atoms. The van der Waals surface area contributed by atoms with Crippen molar-refractivity contribution in [3.8, 4) is 34.1 Å². The quantitative estimate of drug-likeness (QED) is 0.726. The number of carbonyl (C=O) groups is 1. The molecule has 1 amide bonds. The minimum atomic E-state index is -0.328. The Morgan fingerprint density at radius 3 is 2.39 bits per heavy atom. The molecule has 0 saturated heterocycles. The predicted molar refractivity (Wildman–Crippen MR) is 118 cm³/mol. The van der Waals surface area contributed by atoms with Crippen molar-refractivity contribution in [1.29, 1.82) is 0 Å². The Bertz CT molecular complexity index is 1030. The predicted octanol–water partition coefficient (Wildman–Crippen LogP) is 3.65. The number of ether oxygens (including phenoxy) is 4. The van der Waals surface area contributed by atoms with Gasteiger partial charge in [-0.25, -0.2) is 0 Å². The average molecular weight is 427 g/mol. The number of amides is 1. The van der Waals surface area contributed by atoms with Crippen LogP contribution in [0, 0.1) is 0 Å². The number of hydrogen-bond donors (Lipinski definition) is 1. The van der Waals surface area contributed by atoms with Gasteiger partial charge in [0.05, 0.1) is 34.0 Å². The first-order valence-electron chi connectivity index (χ1n) is 10.4. The Kier molecular flexibility index (Phi) is 7.05. The fourth-order valence-electron chi connectivity index (χ4n) is 4.00. The largest absolute Gasteiger partial charge is 0.493 e. The van der Waals surface area contributed by atoms with E-state index in [9.17, 15) is 9.59 Å². The molecule has 2 aromatic rings. The number of fused-ring (bicyclic) bond motifs is 3. The third-order valence-electron chi connectivity index (χ3n) is 5.46. The van der Waals surface area contributed by atoms with Gasteiger partial charge in [0.25, 0.3) is 0 Å². The molecule has 7 heteroatoms. The minimum absolute atomic E-state index is 0.0759. The SMILES string of the molecule is CCOc1c(OC)c(OC)cc2c1-c1ccc(OC)c(=O)cc1C(NC(=O)CC)CC2. The van der Waals surface area contributed by atoms with E-state index in [1.165, 1.54) is 7.11 Å². The molecule has 0 aliphatic heterocycles. The minimum Gasteiger partial charge on any atom is -0.493 e. The van der Waals surface area contributed by atoms with Crippen molar-refractivity contribution in [3.05, 3.63) is 45.6 Å². The maximum Gasteiger partial charge on any atom is 0.220 e. The van der Waals surface area contributed by atoms with Crippen LogP contribution in [0.1, 0.15) is 43.9 Å². The lowest BCUT2D eigenvalue weighted by Gasteiger charge is -2.20. The second-order valence-electron chi connectivity index (χ2n) is 7.20. The fourth-order valence-corrected chi connectivity index (χ4v) is 4.00. The summed E-state index contributed by atoms with van der Waals surface area (Å²) >= 11 is 0. The van der Waals surface area contributed by atoms with E-state index >= 15 is 0 Å². The van der Waals surface area contributed by atoms with Gasteiger partial charge in [0.1, 0.15) is 0 Å². The van der Waals surface area contributed by atoms with Gasteiger partial charge in [0.15, 0.2) is 17.2 Å². The Labute approximate surface area is 182 Å². The summed E-state index contributed by atoms with van der Waals surface area (Å²) < 4.78 is 22.5. The summed E-state index contributed by atoms with van der Waals surface area (Å²) in [7, 11) is 4.62. The van der Waals surface area contributed by atoms with Gasteiger partial charge in [-0.1, -0.05) is 13.0 Å². The summed E-state index contributed by atoms with van der Waals surface area (Å²) in [5.41, 5.74) is 3.09. The maximum absolute atomic E-state index is 12.8. The van der Waals surface area contributed by atoms with Crippen molar-refractivity contribution in [2.75, 3.05) is 27.9 Å². The summed E-state index contributed by atoms with van der Waals surface area (Å²) in [5, 5.41) is 3.06. The first-order chi connectivity index (χ1) is 15.0. The Morgan fingerprint density at radius 2 is 1.77 bits per heavy atom. The first-order valence-corrected chi connectivity index (χ1v) is 10.4. The molecule has 0 heterocycles. The maximum atomic E-state index is 12.8. The Hall–Kier alpha value is -3.22. The number of carbonyl (C=O) groups excluding carboxylic acids is 1. The van der Waals surface area contributed by atoms with Crippen LogP contribution in [-0.4, -0.2) is 33.8 Å². The molecule has 1 unspecified atom stereocenters. The highest BCUT2D eigenvalue weighted by Crippen LogP contribution is 2.50. The van der Waals surface area contributed by atoms with E-state index in [4.69, 9.17) is 18.9 Å². The molecule has 0 aromatic heterocycles. The number of rotatable bonds is 7. The van der Waals surface area contributed by atoms with E-state index in [1.807, 2.05) is 19.1 Å². The van der Waals surface area contributed by atoms with Crippen LogP contribution in [0.15, 0.2) is 29.1 Å². The zero-order valence-electron chi connectivity index (χ0n) is 18.7. The van der Waals surface area contributed by atoms with Crippen molar-refractivity contribution >= 4 is 5.91 Å². The van der Waals surface area contributed by atoms with Crippen LogP contribution in [0.5, 0.6) is 23.0 Å². The third-order valence-corrected chi connectivity index (χ3v) is 5.46. The summed E-state index contributed by atoms with van der Waals surface area (Å²) in [6.45, 7) is 4.13. The van der Waals surface area contributed by atoms with Crippen molar-refractivity contribution in [1.82, 2.24) is 5.32 Å². The van der Waals surface area contributed by atoms with Crippen molar-refractivity contribution in [3.63, 3.8) is 0 Å². The van der Waals surface area contributed by atoms with E-state index in [0.29, 0.717) is 43.1 Å². The standard InChI is InChI=1S/C24H29NO6/c1-6-21(27)25-17-10-8-14-12-20(29-4)23(30-5)24(31-7-2)22(14)15-9-11-19(28-3)18(26)13-16(15)17/h9,11-13,17H,6-8,10H2,1-5H3,(H,25,27). The lowest BCUT2D eigenvalue weighted by Crippen LogP contribution is -2.28. The molecule has 166 valence electrons. The van der Waals surface area contributed by atoms with Crippen molar-refractivity contribution < 1.29 is 23.7 Å². The fraction of sp³-hybridized carbons (Fsp3) is 0.417. The van der Waals surface area contributed by atoms with E-state index in [0.717, 1.165) is 22.3 Å². The highest BCUT2D eigenvalue weighted by Gasteiger charge is 2.29. The van der Waals surface area contributed by atoms with Gasteiger partial charge in [-0.05, 0) is 54.7 Å². The summed E-state index contributed by atoms with van der Waals surface area (Å²) in [4.78, 5) is 25.0. The van der Waals surface area contributed by atoms with Gasteiger partial charge in [0, 0.05) is 12.0 Å². The number of hydrogen-bond acceptors (Lipinski definition) is 6. The number of aryl methyl sites for hydroxylation is 1. The monoisotopic (exact) mass is 427 g/mol. The summed E-state index contributed by atoms with van der Waals surface area (Å²) in [6, 6.07) is 6.66. The van der Waals surface area contributed by atoms with Crippen LogP contribution in [0.2, 0.25) is 0 Å². The second kappa shape index (κ2) is 9.73. The van der Waals surface area contributed by atoms with Crippen LogP contribution in [0.4, 0.5) is 0 Å². The smallest absolute Gasteiger partial charge is 0.220 e. The molecule has 0 bridgehead atoms. The van der Waals surface area contributed by atoms with E-state index < -0.39 is 0 Å². The first kappa shape index (κ1) is 22.5. The molecule has 3 rings (SSSR count). The molecule has 1 aliphatic rings. The topological polar surface area (TPSA) is 83.1 Å². The van der Waals surface area contributed by atoms with Gasteiger partial charge >= 0.3 is 0 Å². The number of nitrogens with one attached hydrogen (secondary N) is 1. The molecule has 1 atom stereocenters.